The zero-order valence-electron chi connectivity index (χ0n) is 13.7. The SMILES string of the molecule is Cc1cc(C(=O)NNC(=O)c2ccc(NC(=O)CC#N)cc2)c(C)o1. The monoisotopic (exact) mass is 340 g/mol. The Kier molecular flexibility index (Phi) is 5.53. The summed E-state index contributed by atoms with van der Waals surface area (Å²) in [6.45, 7) is 3.38. The zero-order chi connectivity index (χ0) is 18.4. The highest BCUT2D eigenvalue weighted by Crippen LogP contribution is 2.13. The quantitative estimate of drug-likeness (QED) is 0.732. The molecule has 8 nitrogen and oxygen atoms in total. The van der Waals surface area contributed by atoms with Crippen molar-refractivity contribution in [3.63, 3.8) is 0 Å². The maximum Gasteiger partial charge on any atom is 0.273 e. The van der Waals surface area contributed by atoms with Gasteiger partial charge in [0.2, 0.25) is 5.91 Å². The van der Waals surface area contributed by atoms with Gasteiger partial charge in [-0.1, -0.05) is 0 Å². The molecule has 1 heterocycles. The van der Waals surface area contributed by atoms with Gasteiger partial charge < -0.3 is 9.73 Å². The number of anilines is 1. The van der Waals surface area contributed by atoms with Crippen LogP contribution in [0.25, 0.3) is 0 Å². The topological polar surface area (TPSA) is 124 Å². The molecule has 0 spiro atoms. The van der Waals surface area contributed by atoms with Gasteiger partial charge in [0.25, 0.3) is 11.8 Å². The van der Waals surface area contributed by atoms with Crippen molar-refractivity contribution < 1.29 is 18.8 Å². The van der Waals surface area contributed by atoms with Gasteiger partial charge >= 0.3 is 0 Å². The smallest absolute Gasteiger partial charge is 0.273 e. The summed E-state index contributed by atoms with van der Waals surface area (Å²) >= 11 is 0. The van der Waals surface area contributed by atoms with E-state index < -0.39 is 17.7 Å². The molecule has 0 aliphatic carbocycles. The third-order valence-corrected chi connectivity index (χ3v) is 3.25. The molecule has 128 valence electrons. The highest BCUT2D eigenvalue weighted by Gasteiger charge is 2.14. The van der Waals surface area contributed by atoms with E-state index in [1.807, 2.05) is 0 Å². The summed E-state index contributed by atoms with van der Waals surface area (Å²) < 4.78 is 5.26. The van der Waals surface area contributed by atoms with Crippen LogP contribution in [0, 0.1) is 25.2 Å². The molecule has 0 aliphatic rings. The summed E-state index contributed by atoms with van der Waals surface area (Å²) in [6, 6.07) is 9.33. The van der Waals surface area contributed by atoms with Gasteiger partial charge in [-0.25, -0.2) is 0 Å². The lowest BCUT2D eigenvalue weighted by molar-refractivity contribution is -0.115. The molecular weight excluding hydrogens is 324 g/mol. The number of nitrogens with one attached hydrogen (secondary N) is 3. The molecule has 0 saturated heterocycles. The lowest BCUT2D eigenvalue weighted by atomic mass is 10.2. The van der Waals surface area contributed by atoms with E-state index in [1.54, 1.807) is 26.0 Å². The van der Waals surface area contributed by atoms with Gasteiger partial charge in [-0.3, -0.25) is 25.2 Å². The summed E-state index contributed by atoms with van der Waals surface area (Å²) in [5.74, 6) is -0.369. The van der Waals surface area contributed by atoms with Crippen LogP contribution in [0.5, 0.6) is 0 Å². The number of hydrogen-bond acceptors (Lipinski definition) is 5. The Bertz CT molecular complexity index is 847. The number of carbonyl (C=O) groups excluding carboxylic acids is 3. The van der Waals surface area contributed by atoms with Gasteiger partial charge in [0, 0.05) is 11.3 Å². The van der Waals surface area contributed by atoms with Crippen LogP contribution in [0.1, 0.15) is 38.7 Å². The van der Waals surface area contributed by atoms with Crippen molar-refractivity contribution in [1.29, 1.82) is 5.26 Å². The fourth-order valence-electron chi connectivity index (χ4n) is 2.09. The van der Waals surface area contributed by atoms with Crippen LogP contribution in [0.4, 0.5) is 5.69 Å². The second kappa shape index (κ2) is 7.79. The lowest BCUT2D eigenvalue weighted by Crippen LogP contribution is -2.41. The average Bonchev–Trinajstić information content (AvgIpc) is 2.91. The van der Waals surface area contributed by atoms with Crippen LogP contribution < -0.4 is 16.2 Å². The molecule has 0 aliphatic heterocycles. The Morgan fingerprint density at radius 2 is 1.72 bits per heavy atom. The first-order chi connectivity index (χ1) is 11.9. The number of benzene rings is 1. The molecule has 0 atom stereocenters. The van der Waals surface area contributed by atoms with Gasteiger partial charge in [-0.15, -0.1) is 0 Å². The van der Waals surface area contributed by atoms with E-state index in [0.29, 0.717) is 28.3 Å². The zero-order valence-corrected chi connectivity index (χ0v) is 13.7. The van der Waals surface area contributed by atoms with Crippen molar-refractivity contribution in [3.05, 3.63) is 53.0 Å². The first-order valence-corrected chi connectivity index (χ1v) is 7.35. The third-order valence-electron chi connectivity index (χ3n) is 3.25. The highest BCUT2D eigenvalue weighted by molar-refractivity contribution is 6.00. The Labute approximate surface area is 143 Å². The van der Waals surface area contributed by atoms with E-state index in [2.05, 4.69) is 16.2 Å². The number of rotatable bonds is 4. The molecule has 8 heteroatoms. The van der Waals surface area contributed by atoms with E-state index >= 15 is 0 Å². The number of nitriles is 1. The maximum atomic E-state index is 12.0. The van der Waals surface area contributed by atoms with Gasteiger partial charge in [0.05, 0.1) is 11.6 Å². The molecule has 3 amide bonds. The van der Waals surface area contributed by atoms with Crippen molar-refractivity contribution >= 4 is 23.4 Å². The minimum atomic E-state index is -0.513. The van der Waals surface area contributed by atoms with E-state index in [4.69, 9.17) is 9.68 Å². The number of nitrogens with zero attached hydrogens (tertiary/aromatic N) is 1. The van der Waals surface area contributed by atoms with E-state index in [-0.39, 0.29) is 6.42 Å². The van der Waals surface area contributed by atoms with Crippen LogP contribution in [0.3, 0.4) is 0 Å². The molecule has 25 heavy (non-hydrogen) atoms. The van der Waals surface area contributed by atoms with Crippen molar-refractivity contribution in [3.8, 4) is 6.07 Å². The van der Waals surface area contributed by atoms with Crippen LogP contribution in [0.15, 0.2) is 34.7 Å². The number of hydrogen-bond donors (Lipinski definition) is 3. The Hall–Kier alpha value is -3.60. The predicted molar refractivity (Wildman–Crippen MR) is 88.4 cm³/mol. The van der Waals surface area contributed by atoms with Crippen molar-refractivity contribution in [2.45, 2.75) is 20.3 Å². The second-order valence-electron chi connectivity index (χ2n) is 5.20. The molecule has 0 unspecified atom stereocenters. The minimum Gasteiger partial charge on any atom is -0.466 e. The standard InChI is InChI=1S/C17H16N4O4/c1-10-9-14(11(2)25-10)17(24)21-20-16(23)12-3-5-13(6-4-12)19-15(22)7-8-18/h3-6,9H,7H2,1-2H3,(H,19,22)(H,20,23)(H,21,24). The molecule has 2 aromatic rings. The fourth-order valence-corrected chi connectivity index (χ4v) is 2.09. The van der Waals surface area contributed by atoms with Crippen LogP contribution in [-0.2, 0) is 4.79 Å². The van der Waals surface area contributed by atoms with Gasteiger partial charge in [0.1, 0.15) is 17.9 Å². The third kappa shape index (κ3) is 4.68. The largest absolute Gasteiger partial charge is 0.466 e. The predicted octanol–water partition coefficient (Wildman–Crippen LogP) is 1.82. The van der Waals surface area contributed by atoms with E-state index in [1.165, 1.54) is 24.3 Å². The maximum absolute atomic E-state index is 12.0. The second-order valence-corrected chi connectivity index (χ2v) is 5.20. The summed E-state index contributed by atoms with van der Waals surface area (Å²) in [7, 11) is 0. The Balaban J connectivity index is 1.92. The molecule has 2 rings (SSSR count). The summed E-state index contributed by atoms with van der Waals surface area (Å²) in [5, 5.41) is 10.9. The van der Waals surface area contributed by atoms with Crippen molar-refractivity contribution in [2.24, 2.45) is 0 Å². The number of carbonyl (C=O) groups is 3. The number of furan rings is 1. The summed E-state index contributed by atoms with van der Waals surface area (Å²) in [6.07, 6.45) is -0.249. The van der Waals surface area contributed by atoms with Crippen LogP contribution in [0.2, 0.25) is 0 Å². The summed E-state index contributed by atoms with van der Waals surface area (Å²) in [5.41, 5.74) is 5.71. The number of amides is 3. The van der Waals surface area contributed by atoms with Crippen molar-refractivity contribution in [2.75, 3.05) is 5.32 Å². The lowest BCUT2D eigenvalue weighted by Gasteiger charge is -2.08. The Morgan fingerprint density at radius 1 is 1.08 bits per heavy atom. The van der Waals surface area contributed by atoms with Gasteiger partial charge in [0.15, 0.2) is 0 Å². The van der Waals surface area contributed by atoms with Crippen LogP contribution >= 0.6 is 0 Å². The molecular formula is C17H16N4O4. The van der Waals surface area contributed by atoms with Crippen LogP contribution in [-0.4, -0.2) is 17.7 Å². The normalized spacial score (nSPS) is 9.80. The molecule has 0 bridgehead atoms. The van der Waals surface area contributed by atoms with Gasteiger partial charge in [-0.05, 0) is 44.2 Å². The molecule has 0 radical (unpaired) electrons. The minimum absolute atomic E-state index is 0.249. The average molecular weight is 340 g/mol. The number of hydrazine groups is 1. The molecule has 3 N–H and O–H groups in total. The molecule has 1 aromatic heterocycles. The van der Waals surface area contributed by atoms with Gasteiger partial charge in [-0.2, -0.15) is 5.26 Å². The van der Waals surface area contributed by atoms with E-state index in [0.717, 1.165) is 0 Å². The molecule has 0 saturated carbocycles. The Morgan fingerprint density at radius 3 is 2.28 bits per heavy atom. The first-order valence-electron chi connectivity index (χ1n) is 7.35. The summed E-state index contributed by atoms with van der Waals surface area (Å²) in [4.78, 5) is 35.3. The van der Waals surface area contributed by atoms with E-state index in [9.17, 15) is 14.4 Å². The van der Waals surface area contributed by atoms with Crippen molar-refractivity contribution in [1.82, 2.24) is 10.9 Å². The molecule has 0 fully saturated rings. The highest BCUT2D eigenvalue weighted by atomic mass is 16.3. The number of aryl methyl sites for hydroxylation is 2. The molecule has 1 aromatic carbocycles. The first kappa shape index (κ1) is 17.7. The fraction of sp³-hybridized carbons (Fsp3) is 0.176.